The van der Waals surface area contributed by atoms with Crippen molar-refractivity contribution >= 4 is 34.2 Å². The quantitative estimate of drug-likeness (QED) is 0.738. The van der Waals surface area contributed by atoms with Crippen LogP contribution in [0.1, 0.15) is 17.2 Å². The van der Waals surface area contributed by atoms with Gasteiger partial charge in [-0.25, -0.2) is 0 Å². The Kier molecular flexibility index (Phi) is 5.72. The number of hydrogen-bond donors (Lipinski definition) is 1. The molecule has 2 aromatic carbocycles. The number of methoxy groups -OCH3 is 2. The molecule has 0 saturated carbocycles. The maximum absolute atomic E-state index is 10.3. The molecule has 0 radical (unpaired) electrons. The van der Waals surface area contributed by atoms with Crippen LogP contribution in [-0.4, -0.2) is 19.3 Å². The SMILES string of the molecule is COc1ccc(CC(O)c2ccc(I)c(Cl)c2)cc1OC. The van der Waals surface area contributed by atoms with Crippen LogP contribution in [0.5, 0.6) is 11.5 Å². The topological polar surface area (TPSA) is 38.7 Å². The molecule has 1 unspecified atom stereocenters. The third-order valence-electron chi connectivity index (χ3n) is 3.21. The van der Waals surface area contributed by atoms with Gasteiger partial charge in [-0.15, -0.1) is 0 Å². The van der Waals surface area contributed by atoms with E-state index in [2.05, 4.69) is 22.6 Å². The van der Waals surface area contributed by atoms with E-state index in [0.717, 1.165) is 14.7 Å². The van der Waals surface area contributed by atoms with E-state index in [9.17, 15) is 5.11 Å². The average Bonchev–Trinajstić information content (AvgIpc) is 2.49. The van der Waals surface area contributed by atoms with Crippen LogP contribution in [0, 0.1) is 3.57 Å². The molecule has 21 heavy (non-hydrogen) atoms. The number of aliphatic hydroxyl groups excluding tert-OH is 1. The summed E-state index contributed by atoms with van der Waals surface area (Å²) in [7, 11) is 3.19. The van der Waals surface area contributed by atoms with Gasteiger partial charge in [-0.1, -0.05) is 23.7 Å². The molecular formula is C16H16ClIO3. The summed E-state index contributed by atoms with van der Waals surface area (Å²) in [6.45, 7) is 0. The van der Waals surface area contributed by atoms with Crippen molar-refractivity contribution in [1.29, 1.82) is 0 Å². The minimum Gasteiger partial charge on any atom is -0.493 e. The molecule has 0 saturated heterocycles. The molecular weight excluding hydrogens is 403 g/mol. The van der Waals surface area contributed by atoms with Crippen molar-refractivity contribution in [2.45, 2.75) is 12.5 Å². The van der Waals surface area contributed by atoms with Gasteiger partial charge in [-0.3, -0.25) is 0 Å². The van der Waals surface area contributed by atoms with Crippen molar-refractivity contribution < 1.29 is 14.6 Å². The van der Waals surface area contributed by atoms with Gasteiger partial charge in [0.05, 0.1) is 25.3 Å². The van der Waals surface area contributed by atoms with Gasteiger partial charge >= 0.3 is 0 Å². The summed E-state index contributed by atoms with van der Waals surface area (Å²) in [6.07, 6.45) is -0.130. The predicted molar refractivity (Wildman–Crippen MR) is 92.4 cm³/mol. The van der Waals surface area contributed by atoms with E-state index >= 15 is 0 Å². The molecule has 5 heteroatoms. The molecule has 2 rings (SSSR count). The molecule has 0 aliphatic rings. The Balaban J connectivity index is 2.18. The van der Waals surface area contributed by atoms with Gasteiger partial charge in [0.15, 0.2) is 11.5 Å². The third kappa shape index (κ3) is 4.02. The van der Waals surface area contributed by atoms with Gasteiger partial charge in [0, 0.05) is 9.99 Å². The van der Waals surface area contributed by atoms with Crippen LogP contribution in [0.25, 0.3) is 0 Å². The maximum atomic E-state index is 10.3. The largest absolute Gasteiger partial charge is 0.493 e. The first-order valence-corrected chi connectivity index (χ1v) is 7.84. The molecule has 3 nitrogen and oxygen atoms in total. The second-order valence-corrected chi connectivity index (χ2v) is 6.15. The minimum absolute atomic E-state index is 0.483. The number of halogens is 2. The molecule has 0 amide bonds. The molecule has 112 valence electrons. The van der Waals surface area contributed by atoms with Crippen LogP contribution >= 0.6 is 34.2 Å². The van der Waals surface area contributed by atoms with Gasteiger partial charge in [-0.2, -0.15) is 0 Å². The van der Waals surface area contributed by atoms with E-state index < -0.39 is 6.10 Å². The van der Waals surface area contributed by atoms with Gasteiger partial charge in [0.25, 0.3) is 0 Å². The lowest BCUT2D eigenvalue weighted by Crippen LogP contribution is -2.03. The second-order valence-electron chi connectivity index (χ2n) is 4.58. The van der Waals surface area contributed by atoms with Gasteiger partial charge in [0.2, 0.25) is 0 Å². The van der Waals surface area contributed by atoms with Crippen LogP contribution in [0.4, 0.5) is 0 Å². The lowest BCUT2D eigenvalue weighted by molar-refractivity contribution is 0.178. The summed E-state index contributed by atoms with van der Waals surface area (Å²) in [5.74, 6) is 1.33. The minimum atomic E-state index is -0.613. The smallest absolute Gasteiger partial charge is 0.160 e. The Morgan fingerprint density at radius 3 is 2.43 bits per heavy atom. The first-order valence-electron chi connectivity index (χ1n) is 6.39. The average molecular weight is 419 g/mol. The molecule has 0 spiro atoms. The number of aliphatic hydroxyl groups is 1. The molecule has 2 aromatic rings. The molecule has 0 heterocycles. The highest BCUT2D eigenvalue weighted by Crippen LogP contribution is 2.30. The van der Waals surface area contributed by atoms with Crippen LogP contribution in [0.15, 0.2) is 36.4 Å². The van der Waals surface area contributed by atoms with Gasteiger partial charge in [-0.05, 0) is 58.0 Å². The summed E-state index contributed by atoms with van der Waals surface area (Å²) in [6, 6.07) is 11.2. The molecule has 0 fully saturated rings. The Morgan fingerprint density at radius 1 is 1.10 bits per heavy atom. The zero-order chi connectivity index (χ0) is 15.4. The fourth-order valence-corrected chi connectivity index (χ4v) is 2.59. The van der Waals surface area contributed by atoms with Gasteiger partial charge in [0.1, 0.15) is 0 Å². The normalized spacial score (nSPS) is 12.0. The van der Waals surface area contributed by atoms with E-state index in [1.807, 2.05) is 30.3 Å². The fourth-order valence-electron chi connectivity index (χ4n) is 2.07. The number of ether oxygens (including phenoxy) is 2. The zero-order valence-electron chi connectivity index (χ0n) is 11.8. The highest BCUT2D eigenvalue weighted by molar-refractivity contribution is 14.1. The first-order chi connectivity index (χ1) is 10.0. The Morgan fingerprint density at radius 2 is 1.81 bits per heavy atom. The molecule has 0 aromatic heterocycles. The number of hydrogen-bond acceptors (Lipinski definition) is 3. The van der Waals surface area contributed by atoms with E-state index in [-0.39, 0.29) is 0 Å². The van der Waals surface area contributed by atoms with Crippen LogP contribution < -0.4 is 9.47 Å². The van der Waals surface area contributed by atoms with Crippen molar-refractivity contribution in [3.8, 4) is 11.5 Å². The van der Waals surface area contributed by atoms with E-state index in [1.165, 1.54) is 0 Å². The lowest BCUT2D eigenvalue weighted by Gasteiger charge is -2.14. The molecule has 1 atom stereocenters. The third-order valence-corrected chi connectivity index (χ3v) is 4.78. The lowest BCUT2D eigenvalue weighted by atomic mass is 10.0. The molecule has 0 aliphatic carbocycles. The number of benzene rings is 2. The highest BCUT2D eigenvalue weighted by atomic mass is 127. The molecule has 1 N–H and O–H groups in total. The van der Waals surface area contributed by atoms with Gasteiger partial charge < -0.3 is 14.6 Å². The Labute approximate surface area is 143 Å². The monoisotopic (exact) mass is 418 g/mol. The van der Waals surface area contributed by atoms with Crippen LogP contribution in [-0.2, 0) is 6.42 Å². The van der Waals surface area contributed by atoms with Crippen molar-refractivity contribution in [3.05, 3.63) is 56.1 Å². The van der Waals surface area contributed by atoms with E-state index in [4.69, 9.17) is 21.1 Å². The summed E-state index contributed by atoms with van der Waals surface area (Å²) in [5, 5.41) is 11.0. The first kappa shape index (κ1) is 16.4. The van der Waals surface area contributed by atoms with E-state index in [1.54, 1.807) is 20.3 Å². The summed E-state index contributed by atoms with van der Waals surface area (Å²) in [5.41, 5.74) is 1.77. The maximum Gasteiger partial charge on any atom is 0.160 e. The highest BCUT2D eigenvalue weighted by Gasteiger charge is 2.12. The van der Waals surface area contributed by atoms with Crippen LogP contribution in [0.3, 0.4) is 0 Å². The van der Waals surface area contributed by atoms with E-state index in [0.29, 0.717) is 22.9 Å². The van der Waals surface area contributed by atoms with Crippen molar-refractivity contribution in [2.75, 3.05) is 14.2 Å². The van der Waals surface area contributed by atoms with Crippen molar-refractivity contribution in [1.82, 2.24) is 0 Å². The zero-order valence-corrected chi connectivity index (χ0v) is 14.7. The standard InChI is InChI=1S/C16H16ClIO3/c1-20-15-6-3-10(8-16(15)21-2)7-14(19)11-4-5-13(18)12(17)9-11/h3-6,8-9,14,19H,7H2,1-2H3. The summed E-state index contributed by atoms with van der Waals surface area (Å²) >= 11 is 8.25. The molecule has 0 aliphatic heterocycles. The Hall–Kier alpha value is -0.980. The predicted octanol–water partition coefficient (Wildman–Crippen LogP) is 4.24. The van der Waals surface area contributed by atoms with Crippen LogP contribution in [0.2, 0.25) is 5.02 Å². The Bertz CT molecular complexity index is 631. The van der Waals surface area contributed by atoms with Crippen molar-refractivity contribution in [3.63, 3.8) is 0 Å². The second kappa shape index (κ2) is 7.33. The fraction of sp³-hybridized carbons (Fsp3) is 0.250. The summed E-state index contributed by atoms with van der Waals surface area (Å²) in [4.78, 5) is 0. The molecule has 0 bridgehead atoms. The summed E-state index contributed by atoms with van der Waals surface area (Å²) < 4.78 is 11.4. The number of rotatable bonds is 5. The van der Waals surface area contributed by atoms with Crippen molar-refractivity contribution in [2.24, 2.45) is 0 Å².